The molecule has 23 heavy (non-hydrogen) atoms. The lowest BCUT2D eigenvalue weighted by Crippen LogP contribution is -2.33. The highest BCUT2D eigenvalue weighted by molar-refractivity contribution is 6.07. The number of carbonyl (C=O) groups excluding carboxylic acids is 1. The first kappa shape index (κ1) is 13.8. The molecule has 1 aliphatic carbocycles. The van der Waals surface area contributed by atoms with Gasteiger partial charge in [-0.25, -0.2) is 0 Å². The van der Waals surface area contributed by atoms with Crippen molar-refractivity contribution in [3.8, 4) is 11.3 Å². The van der Waals surface area contributed by atoms with Crippen LogP contribution in [0.1, 0.15) is 23.2 Å². The van der Waals surface area contributed by atoms with Crippen molar-refractivity contribution < 1.29 is 4.79 Å². The molecule has 0 aliphatic heterocycles. The number of aromatic amines is 1. The predicted octanol–water partition coefficient (Wildman–Crippen LogP) is 3.89. The summed E-state index contributed by atoms with van der Waals surface area (Å²) in [5.41, 5.74) is 3.65. The lowest BCUT2D eigenvalue weighted by molar-refractivity contribution is 0.0985. The highest BCUT2D eigenvalue weighted by Crippen LogP contribution is 2.34. The zero-order valence-electron chi connectivity index (χ0n) is 12.6. The largest absolute Gasteiger partial charge is 0.305 e. The van der Waals surface area contributed by atoms with Gasteiger partial charge in [0.15, 0.2) is 0 Å². The summed E-state index contributed by atoms with van der Waals surface area (Å²) in [6.07, 6.45) is 3.86. The normalized spacial score (nSPS) is 13.7. The molecule has 1 N–H and O–H groups in total. The van der Waals surface area contributed by atoms with E-state index in [1.807, 2.05) is 65.6 Å². The van der Waals surface area contributed by atoms with Gasteiger partial charge in [-0.3, -0.25) is 9.89 Å². The number of amides is 1. The topological polar surface area (TPSA) is 49.0 Å². The number of hydrogen-bond donors (Lipinski definition) is 1. The standard InChI is InChI=1S/C19H17N3O/c23-19(14-5-2-1-3-6-14)22(16-9-10-16)17-8-4-7-15(13-17)18-11-12-20-21-18/h1-8,11-13,16H,9-10H2,(H,20,21). The third kappa shape index (κ3) is 2.75. The first-order chi connectivity index (χ1) is 11.3. The smallest absolute Gasteiger partial charge is 0.258 e. The van der Waals surface area contributed by atoms with Gasteiger partial charge in [-0.2, -0.15) is 5.10 Å². The van der Waals surface area contributed by atoms with E-state index >= 15 is 0 Å². The SMILES string of the molecule is O=C(c1ccccc1)N(c1cccc(-c2ccn[nH]2)c1)C1CC1. The van der Waals surface area contributed by atoms with Crippen molar-refractivity contribution in [2.75, 3.05) is 4.90 Å². The molecule has 0 spiro atoms. The van der Waals surface area contributed by atoms with Crippen molar-refractivity contribution in [3.05, 3.63) is 72.4 Å². The molecule has 0 unspecified atom stereocenters. The second-order valence-corrected chi connectivity index (χ2v) is 5.79. The Balaban J connectivity index is 1.71. The summed E-state index contributed by atoms with van der Waals surface area (Å²) in [6, 6.07) is 19.8. The van der Waals surface area contributed by atoms with Crippen molar-refractivity contribution in [2.45, 2.75) is 18.9 Å². The molecule has 0 saturated heterocycles. The van der Waals surface area contributed by atoms with E-state index < -0.39 is 0 Å². The van der Waals surface area contributed by atoms with E-state index in [0.717, 1.165) is 35.3 Å². The van der Waals surface area contributed by atoms with E-state index in [1.165, 1.54) is 0 Å². The van der Waals surface area contributed by atoms with Gasteiger partial charge in [0.25, 0.3) is 5.91 Å². The molecule has 4 heteroatoms. The van der Waals surface area contributed by atoms with E-state index in [4.69, 9.17) is 0 Å². The number of aromatic nitrogens is 2. The predicted molar refractivity (Wildman–Crippen MR) is 90.3 cm³/mol. The fourth-order valence-corrected chi connectivity index (χ4v) is 2.79. The molecule has 4 rings (SSSR count). The van der Waals surface area contributed by atoms with E-state index in [9.17, 15) is 4.79 Å². The van der Waals surface area contributed by atoms with E-state index in [2.05, 4.69) is 10.2 Å². The van der Waals surface area contributed by atoms with Crippen LogP contribution in [0.15, 0.2) is 66.9 Å². The summed E-state index contributed by atoms with van der Waals surface area (Å²) >= 11 is 0. The number of nitrogens with one attached hydrogen (secondary N) is 1. The van der Waals surface area contributed by atoms with Crippen LogP contribution in [0, 0.1) is 0 Å². The van der Waals surface area contributed by atoms with Crippen molar-refractivity contribution in [1.29, 1.82) is 0 Å². The number of H-pyrrole nitrogens is 1. The Morgan fingerprint density at radius 2 is 1.87 bits per heavy atom. The summed E-state index contributed by atoms with van der Waals surface area (Å²) in [6.45, 7) is 0. The average molecular weight is 303 g/mol. The molecule has 2 aromatic carbocycles. The van der Waals surface area contributed by atoms with Crippen molar-refractivity contribution in [3.63, 3.8) is 0 Å². The van der Waals surface area contributed by atoms with E-state index in [1.54, 1.807) is 6.20 Å². The van der Waals surface area contributed by atoms with Gasteiger partial charge in [0.05, 0.1) is 5.69 Å². The zero-order valence-corrected chi connectivity index (χ0v) is 12.6. The Hall–Kier alpha value is -2.88. The Morgan fingerprint density at radius 3 is 2.57 bits per heavy atom. The molecule has 1 saturated carbocycles. The van der Waals surface area contributed by atoms with Crippen LogP contribution in [0.4, 0.5) is 5.69 Å². The Kier molecular flexibility index (Phi) is 3.42. The minimum Gasteiger partial charge on any atom is -0.305 e. The van der Waals surface area contributed by atoms with E-state index in [0.29, 0.717) is 6.04 Å². The molecule has 1 amide bonds. The van der Waals surface area contributed by atoms with Crippen molar-refractivity contribution >= 4 is 11.6 Å². The second-order valence-electron chi connectivity index (χ2n) is 5.79. The zero-order chi connectivity index (χ0) is 15.6. The molecular weight excluding hydrogens is 286 g/mol. The molecule has 1 aromatic heterocycles. The van der Waals surface area contributed by atoms with Gasteiger partial charge in [0, 0.05) is 29.1 Å². The molecule has 1 aliphatic rings. The van der Waals surface area contributed by atoms with Gasteiger partial charge in [0.2, 0.25) is 0 Å². The van der Waals surface area contributed by atoms with Crippen LogP contribution >= 0.6 is 0 Å². The maximum atomic E-state index is 12.9. The quantitative estimate of drug-likeness (QED) is 0.795. The number of benzene rings is 2. The van der Waals surface area contributed by atoms with E-state index in [-0.39, 0.29) is 5.91 Å². The maximum Gasteiger partial charge on any atom is 0.258 e. The minimum atomic E-state index is 0.0647. The van der Waals surface area contributed by atoms with Crippen molar-refractivity contribution in [1.82, 2.24) is 10.2 Å². The van der Waals surface area contributed by atoms with Crippen LogP contribution in [-0.4, -0.2) is 22.1 Å². The highest BCUT2D eigenvalue weighted by atomic mass is 16.2. The van der Waals surface area contributed by atoms with Gasteiger partial charge in [-0.1, -0.05) is 30.3 Å². The summed E-state index contributed by atoms with van der Waals surface area (Å²) in [5.74, 6) is 0.0647. The number of anilines is 1. The van der Waals surface area contributed by atoms with Gasteiger partial charge in [0.1, 0.15) is 0 Å². The Morgan fingerprint density at radius 1 is 1.04 bits per heavy atom. The monoisotopic (exact) mass is 303 g/mol. The molecule has 4 nitrogen and oxygen atoms in total. The molecule has 3 aromatic rings. The lowest BCUT2D eigenvalue weighted by Gasteiger charge is -2.23. The molecule has 114 valence electrons. The summed E-state index contributed by atoms with van der Waals surface area (Å²) in [7, 11) is 0. The van der Waals surface area contributed by atoms with Crippen LogP contribution in [0.2, 0.25) is 0 Å². The molecule has 0 radical (unpaired) electrons. The summed E-state index contributed by atoms with van der Waals surface area (Å²) in [4.78, 5) is 14.9. The lowest BCUT2D eigenvalue weighted by atomic mass is 10.1. The molecule has 0 atom stereocenters. The summed E-state index contributed by atoms with van der Waals surface area (Å²) < 4.78 is 0. The van der Waals surface area contributed by atoms with Gasteiger partial charge >= 0.3 is 0 Å². The molecular formula is C19H17N3O. The van der Waals surface area contributed by atoms with Crippen LogP contribution in [0.5, 0.6) is 0 Å². The van der Waals surface area contributed by atoms with Crippen LogP contribution in [0.3, 0.4) is 0 Å². The number of nitrogens with zero attached hydrogens (tertiary/aromatic N) is 2. The van der Waals surface area contributed by atoms with Gasteiger partial charge < -0.3 is 4.90 Å². The van der Waals surface area contributed by atoms with Gasteiger partial charge in [-0.15, -0.1) is 0 Å². The van der Waals surface area contributed by atoms with Crippen molar-refractivity contribution in [2.24, 2.45) is 0 Å². The minimum absolute atomic E-state index is 0.0647. The molecule has 1 fully saturated rings. The molecule has 0 bridgehead atoms. The fourth-order valence-electron chi connectivity index (χ4n) is 2.79. The second kappa shape index (κ2) is 5.72. The van der Waals surface area contributed by atoms with Crippen LogP contribution in [-0.2, 0) is 0 Å². The number of hydrogen-bond acceptors (Lipinski definition) is 2. The number of rotatable bonds is 4. The molecule has 1 heterocycles. The first-order valence-electron chi connectivity index (χ1n) is 7.81. The summed E-state index contributed by atoms with van der Waals surface area (Å²) in [5, 5.41) is 6.97. The van der Waals surface area contributed by atoms with Crippen LogP contribution in [0.25, 0.3) is 11.3 Å². The highest BCUT2D eigenvalue weighted by Gasteiger charge is 2.34. The maximum absolute atomic E-state index is 12.9. The Labute approximate surface area is 134 Å². The third-order valence-electron chi connectivity index (χ3n) is 4.09. The Bertz CT molecular complexity index is 808. The van der Waals surface area contributed by atoms with Crippen LogP contribution < -0.4 is 4.90 Å². The fraction of sp³-hybridized carbons (Fsp3) is 0.158. The van der Waals surface area contributed by atoms with Gasteiger partial charge in [-0.05, 0) is 43.2 Å². The average Bonchev–Trinajstić information content (AvgIpc) is 3.27. The number of carbonyl (C=O) groups is 1. The first-order valence-corrected chi connectivity index (χ1v) is 7.81. The third-order valence-corrected chi connectivity index (χ3v) is 4.09.